The van der Waals surface area contributed by atoms with Crippen LogP contribution in [-0.4, -0.2) is 19.7 Å². The summed E-state index contributed by atoms with van der Waals surface area (Å²) < 4.78 is 2.94. The number of rotatable bonds is 1. The summed E-state index contributed by atoms with van der Waals surface area (Å²) in [5.41, 5.74) is 5.14. The largest absolute Gasteiger partial charge is 0.337 e. The molecule has 0 unspecified atom stereocenters. The van der Waals surface area contributed by atoms with Crippen molar-refractivity contribution in [2.75, 3.05) is 0 Å². The summed E-state index contributed by atoms with van der Waals surface area (Å²) in [5.74, 6) is 0.808. The average molecular weight is 341 g/mol. The fraction of sp³-hybridized carbons (Fsp3) is 0.125. The number of nitrogens with one attached hydrogen (secondary N) is 1. The van der Waals surface area contributed by atoms with Gasteiger partial charge in [-0.25, -0.2) is 4.98 Å². The zero-order valence-electron chi connectivity index (χ0n) is 11.7. The minimum Gasteiger partial charge on any atom is -0.337 e. The molecule has 0 aliphatic rings. The molecule has 0 atom stereocenters. The number of halogens is 1. The van der Waals surface area contributed by atoms with Gasteiger partial charge in [-0.15, -0.1) is 0 Å². The first-order chi connectivity index (χ1) is 10.1. The van der Waals surface area contributed by atoms with Crippen LogP contribution in [0.25, 0.3) is 33.5 Å². The SMILES string of the molecule is Cc1cc(Br)cc2[nH]c(-c3nn(C)c4ccccc34)nc12. The van der Waals surface area contributed by atoms with Crippen LogP contribution in [0.3, 0.4) is 0 Å². The molecule has 0 aliphatic heterocycles. The molecule has 4 rings (SSSR count). The number of aryl methyl sites for hydroxylation is 2. The molecule has 0 radical (unpaired) electrons. The van der Waals surface area contributed by atoms with Gasteiger partial charge in [-0.2, -0.15) is 5.10 Å². The smallest absolute Gasteiger partial charge is 0.159 e. The van der Waals surface area contributed by atoms with E-state index in [4.69, 9.17) is 4.98 Å². The fourth-order valence-electron chi connectivity index (χ4n) is 2.75. The molecule has 5 heteroatoms. The zero-order valence-corrected chi connectivity index (χ0v) is 13.3. The van der Waals surface area contributed by atoms with Crippen molar-refractivity contribution in [1.82, 2.24) is 19.7 Å². The minimum absolute atomic E-state index is 0.808. The van der Waals surface area contributed by atoms with Gasteiger partial charge in [-0.1, -0.05) is 34.1 Å². The lowest BCUT2D eigenvalue weighted by atomic mass is 10.2. The standard InChI is InChI=1S/C16H13BrN4/c1-9-7-10(17)8-12-14(9)19-16(18-12)15-11-5-3-4-6-13(11)21(2)20-15/h3-8H,1-2H3,(H,18,19). The molecule has 0 spiro atoms. The molecule has 4 aromatic rings. The van der Waals surface area contributed by atoms with Gasteiger partial charge in [0.2, 0.25) is 0 Å². The van der Waals surface area contributed by atoms with Crippen LogP contribution in [0.4, 0.5) is 0 Å². The summed E-state index contributed by atoms with van der Waals surface area (Å²) in [4.78, 5) is 8.12. The Kier molecular flexibility index (Phi) is 2.65. The Hall–Kier alpha value is -2.14. The van der Waals surface area contributed by atoms with Gasteiger partial charge in [0.05, 0.1) is 16.6 Å². The van der Waals surface area contributed by atoms with Gasteiger partial charge in [0, 0.05) is 16.9 Å². The first-order valence-corrected chi connectivity index (χ1v) is 7.51. The molecule has 0 saturated heterocycles. The molecule has 104 valence electrons. The number of nitrogens with zero attached hydrogens (tertiary/aromatic N) is 3. The van der Waals surface area contributed by atoms with Crippen LogP contribution in [0, 0.1) is 6.92 Å². The van der Waals surface area contributed by atoms with E-state index >= 15 is 0 Å². The van der Waals surface area contributed by atoms with Crippen molar-refractivity contribution in [3.63, 3.8) is 0 Å². The van der Waals surface area contributed by atoms with E-state index in [2.05, 4.69) is 51.1 Å². The lowest BCUT2D eigenvalue weighted by Crippen LogP contribution is -1.90. The molecule has 0 amide bonds. The van der Waals surface area contributed by atoms with Gasteiger partial charge in [0.25, 0.3) is 0 Å². The lowest BCUT2D eigenvalue weighted by molar-refractivity contribution is 0.798. The molecule has 2 heterocycles. The first kappa shape index (κ1) is 12.6. The number of fused-ring (bicyclic) bond motifs is 2. The molecule has 0 bridgehead atoms. The monoisotopic (exact) mass is 340 g/mol. The van der Waals surface area contributed by atoms with Crippen molar-refractivity contribution in [2.45, 2.75) is 6.92 Å². The van der Waals surface area contributed by atoms with Gasteiger partial charge >= 0.3 is 0 Å². The van der Waals surface area contributed by atoms with E-state index in [0.717, 1.165) is 43.5 Å². The molecule has 1 N–H and O–H groups in total. The highest BCUT2D eigenvalue weighted by atomic mass is 79.9. The Bertz CT molecular complexity index is 981. The number of aromatic amines is 1. The van der Waals surface area contributed by atoms with Crippen molar-refractivity contribution in [3.05, 3.63) is 46.4 Å². The van der Waals surface area contributed by atoms with Crippen LogP contribution in [-0.2, 0) is 7.05 Å². The van der Waals surface area contributed by atoms with Crippen molar-refractivity contribution >= 4 is 37.9 Å². The summed E-state index contributed by atoms with van der Waals surface area (Å²) in [7, 11) is 1.95. The Balaban J connectivity index is 2.03. The Morgan fingerprint density at radius 3 is 2.86 bits per heavy atom. The van der Waals surface area contributed by atoms with Crippen LogP contribution in [0.15, 0.2) is 40.9 Å². The van der Waals surface area contributed by atoms with Gasteiger partial charge in [0.1, 0.15) is 5.69 Å². The fourth-order valence-corrected chi connectivity index (χ4v) is 3.32. The topological polar surface area (TPSA) is 46.5 Å². The zero-order chi connectivity index (χ0) is 14.6. The normalized spacial score (nSPS) is 11.6. The molecule has 2 aromatic heterocycles. The Morgan fingerprint density at radius 2 is 2.00 bits per heavy atom. The third kappa shape index (κ3) is 1.88. The predicted octanol–water partition coefficient (Wildman–Crippen LogP) is 4.19. The van der Waals surface area contributed by atoms with Crippen molar-refractivity contribution in [2.24, 2.45) is 7.05 Å². The van der Waals surface area contributed by atoms with Gasteiger partial charge < -0.3 is 4.98 Å². The molecule has 2 aromatic carbocycles. The van der Waals surface area contributed by atoms with Crippen LogP contribution in [0.2, 0.25) is 0 Å². The number of benzene rings is 2. The second-order valence-electron chi connectivity index (χ2n) is 5.19. The van der Waals surface area contributed by atoms with E-state index in [1.54, 1.807) is 0 Å². The molecule has 0 saturated carbocycles. The first-order valence-electron chi connectivity index (χ1n) is 6.71. The number of aromatic nitrogens is 4. The van der Waals surface area contributed by atoms with E-state index in [1.165, 1.54) is 0 Å². The number of para-hydroxylation sites is 1. The summed E-state index contributed by atoms with van der Waals surface area (Å²) in [6.07, 6.45) is 0. The van der Waals surface area contributed by atoms with E-state index < -0.39 is 0 Å². The number of hydrogen-bond donors (Lipinski definition) is 1. The molecule has 0 aliphatic carbocycles. The van der Waals surface area contributed by atoms with Crippen LogP contribution in [0.1, 0.15) is 5.56 Å². The second kappa shape index (κ2) is 4.43. The maximum absolute atomic E-state index is 4.73. The maximum atomic E-state index is 4.73. The van der Waals surface area contributed by atoms with E-state index in [1.807, 2.05) is 29.9 Å². The lowest BCUT2D eigenvalue weighted by Gasteiger charge is -1.94. The molecular weight excluding hydrogens is 328 g/mol. The highest BCUT2D eigenvalue weighted by Gasteiger charge is 2.14. The van der Waals surface area contributed by atoms with Gasteiger partial charge in [0.15, 0.2) is 5.82 Å². The molecule has 0 fully saturated rings. The van der Waals surface area contributed by atoms with E-state index in [0.29, 0.717) is 0 Å². The highest BCUT2D eigenvalue weighted by molar-refractivity contribution is 9.10. The quantitative estimate of drug-likeness (QED) is 0.564. The minimum atomic E-state index is 0.808. The summed E-state index contributed by atoms with van der Waals surface area (Å²) >= 11 is 3.53. The summed E-state index contributed by atoms with van der Waals surface area (Å²) in [6.45, 7) is 2.06. The van der Waals surface area contributed by atoms with Crippen molar-refractivity contribution in [3.8, 4) is 11.5 Å². The Morgan fingerprint density at radius 1 is 1.19 bits per heavy atom. The maximum Gasteiger partial charge on any atom is 0.159 e. The Labute approximate surface area is 129 Å². The molecule has 4 nitrogen and oxygen atoms in total. The van der Waals surface area contributed by atoms with E-state index in [-0.39, 0.29) is 0 Å². The number of H-pyrrole nitrogens is 1. The molecular formula is C16H13BrN4. The third-order valence-corrected chi connectivity index (χ3v) is 4.18. The highest BCUT2D eigenvalue weighted by Crippen LogP contribution is 2.29. The second-order valence-corrected chi connectivity index (χ2v) is 6.11. The average Bonchev–Trinajstić information content (AvgIpc) is 3.01. The van der Waals surface area contributed by atoms with Gasteiger partial charge in [-0.3, -0.25) is 4.68 Å². The third-order valence-electron chi connectivity index (χ3n) is 3.72. The molecule has 21 heavy (non-hydrogen) atoms. The number of hydrogen-bond acceptors (Lipinski definition) is 2. The van der Waals surface area contributed by atoms with Crippen LogP contribution >= 0.6 is 15.9 Å². The van der Waals surface area contributed by atoms with Crippen LogP contribution < -0.4 is 0 Å². The van der Waals surface area contributed by atoms with Crippen molar-refractivity contribution < 1.29 is 0 Å². The summed E-state index contributed by atoms with van der Waals surface area (Å²) in [5, 5.41) is 5.73. The number of imidazole rings is 1. The predicted molar refractivity (Wildman–Crippen MR) is 88.2 cm³/mol. The van der Waals surface area contributed by atoms with Gasteiger partial charge in [-0.05, 0) is 30.7 Å². The summed E-state index contributed by atoms with van der Waals surface area (Å²) in [6, 6.07) is 12.3. The van der Waals surface area contributed by atoms with Crippen LogP contribution in [0.5, 0.6) is 0 Å². The van der Waals surface area contributed by atoms with E-state index in [9.17, 15) is 0 Å². The van der Waals surface area contributed by atoms with Crippen molar-refractivity contribution in [1.29, 1.82) is 0 Å².